The van der Waals surface area contributed by atoms with Crippen molar-refractivity contribution < 1.29 is 9.13 Å². The van der Waals surface area contributed by atoms with E-state index >= 15 is 0 Å². The van der Waals surface area contributed by atoms with Crippen molar-refractivity contribution >= 4 is 21.6 Å². The Kier molecular flexibility index (Phi) is 2.28. The van der Waals surface area contributed by atoms with Crippen LogP contribution in [-0.4, -0.2) is 12.1 Å². The zero-order valence-corrected chi connectivity index (χ0v) is 7.35. The monoisotopic (exact) mass is 220 g/mol. The second-order valence-electron chi connectivity index (χ2n) is 1.84. The summed E-state index contributed by atoms with van der Waals surface area (Å²) in [5.74, 6) is -0.442. The number of nitrogen functional groups attached to an aromatic ring is 1. The highest BCUT2D eigenvalue weighted by Crippen LogP contribution is 2.26. The van der Waals surface area contributed by atoms with Crippen molar-refractivity contribution in [1.82, 2.24) is 4.98 Å². The van der Waals surface area contributed by atoms with Crippen LogP contribution in [0.4, 0.5) is 10.1 Å². The number of halogens is 2. The molecular weight excluding hydrogens is 215 g/mol. The molecule has 1 aromatic heterocycles. The van der Waals surface area contributed by atoms with Gasteiger partial charge in [-0.3, -0.25) is 0 Å². The minimum atomic E-state index is -0.545. The molecule has 0 atom stereocenters. The summed E-state index contributed by atoms with van der Waals surface area (Å²) >= 11 is 2.94. The Morgan fingerprint density at radius 2 is 2.36 bits per heavy atom. The third kappa shape index (κ3) is 1.42. The number of hydrogen-bond donors (Lipinski definition) is 1. The van der Waals surface area contributed by atoms with Crippen LogP contribution in [0.5, 0.6) is 5.88 Å². The molecule has 0 spiro atoms. The van der Waals surface area contributed by atoms with E-state index in [-0.39, 0.29) is 16.0 Å². The molecule has 1 aromatic rings. The molecule has 0 saturated heterocycles. The molecule has 3 nitrogen and oxygen atoms in total. The Morgan fingerprint density at radius 3 is 2.91 bits per heavy atom. The highest BCUT2D eigenvalue weighted by atomic mass is 79.9. The van der Waals surface area contributed by atoms with E-state index < -0.39 is 5.82 Å². The number of nitrogens with two attached hydrogens (primary N) is 1. The van der Waals surface area contributed by atoms with Gasteiger partial charge >= 0.3 is 0 Å². The maximum Gasteiger partial charge on any atom is 0.240 e. The van der Waals surface area contributed by atoms with Crippen LogP contribution in [0.1, 0.15) is 0 Å². The lowest BCUT2D eigenvalue weighted by molar-refractivity contribution is 0.396. The quantitative estimate of drug-likeness (QED) is 0.782. The van der Waals surface area contributed by atoms with E-state index in [2.05, 4.69) is 25.7 Å². The smallest absolute Gasteiger partial charge is 0.240 e. The molecule has 1 heterocycles. The zero-order chi connectivity index (χ0) is 8.43. The summed E-state index contributed by atoms with van der Waals surface area (Å²) in [5.41, 5.74) is 5.22. The summed E-state index contributed by atoms with van der Waals surface area (Å²) in [6, 6.07) is 0. The van der Waals surface area contributed by atoms with Gasteiger partial charge in [-0.15, -0.1) is 0 Å². The Hall–Kier alpha value is -0.840. The van der Waals surface area contributed by atoms with Crippen molar-refractivity contribution in [1.29, 1.82) is 0 Å². The Balaban J connectivity index is 3.25. The molecule has 0 fully saturated rings. The molecule has 0 bridgehead atoms. The molecule has 60 valence electrons. The van der Waals surface area contributed by atoms with Gasteiger partial charge in [0.05, 0.1) is 11.6 Å². The molecule has 0 unspecified atom stereocenters. The van der Waals surface area contributed by atoms with Gasteiger partial charge in [-0.25, -0.2) is 9.37 Å². The van der Waals surface area contributed by atoms with Crippen molar-refractivity contribution in [3.63, 3.8) is 0 Å². The highest BCUT2D eigenvalue weighted by Gasteiger charge is 2.09. The van der Waals surface area contributed by atoms with E-state index in [1.807, 2.05) is 0 Å². The van der Waals surface area contributed by atoms with Crippen LogP contribution in [0, 0.1) is 5.82 Å². The van der Waals surface area contributed by atoms with Gasteiger partial charge in [-0.1, -0.05) is 0 Å². The number of rotatable bonds is 1. The van der Waals surface area contributed by atoms with Crippen molar-refractivity contribution in [2.75, 3.05) is 12.8 Å². The predicted octanol–water partition coefficient (Wildman–Crippen LogP) is 1.57. The normalized spacial score (nSPS) is 9.73. The van der Waals surface area contributed by atoms with Gasteiger partial charge in [0, 0.05) is 6.20 Å². The van der Waals surface area contributed by atoms with Gasteiger partial charge in [0.2, 0.25) is 5.88 Å². The van der Waals surface area contributed by atoms with Crippen molar-refractivity contribution in [2.45, 2.75) is 0 Å². The Labute approximate surface area is 71.5 Å². The van der Waals surface area contributed by atoms with E-state index in [1.165, 1.54) is 13.3 Å². The van der Waals surface area contributed by atoms with Crippen molar-refractivity contribution in [2.24, 2.45) is 0 Å². The molecule has 0 aliphatic carbocycles. The van der Waals surface area contributed by atoms with E-state index in [4.69, 9.17) is 5.73 Å². The first-order valence-electron chi connectivity index (χ1n) is 2.80. The van der Waals surface area contributed by atoms with Gasteiger partial charge in [-0.05, 0) is 15.9 Å². The van der Waals surface area contributed by atoms with Gasteiger partial charge in [-0.2, -0.15) is 0 Å². The first-order chi connectivity index (χ1) is 5.16. The molecule has 5 heteroatoms. The predicted molar refractivity (Wildman–Crippen MR) is 42.9 cm³/mol. The average molecular weight is 221 g/mol. The first-order valence-corrected chi connectivity index (χ1v) is 3.59. The molecule has 0 aliphatic heterocycles. The third-order valence-electron chi connectivity index (χ3n) is 1.17. The summed E-state index contributed by atoms with van der Waals surface area (Å²) < 4.78 is 17.8. The number of ether oxygens (including phenoxy) is 1. The van der Waals surface area contributed by atoms with Crippen LogP contribution in [0.25, 0.3) is 0 Å². The van der Waals surface area contributed by atoms with Crippen LogP contribution < -0.4 is 10.5 Å². The number of nitrogens with zero attached hydrogens (tertiary/aromatic N) is 1. The molecule has 0 aromatic carbocycles. The minimum absolute atomic E-state index is 0.0816. The summed E-state index contributed by atoms with van der Waals surface area (Å²) in [4.78, 5) is 3.72. The van der Waals surface area contributed by atoms with E-state index in [9.17, 15) is 4.39 Å². The molecule has 2 N–H and O–H groups in total. The van der Waals surface area contributed by atoms with Gasteiger partial charge in [0.1, 0.15) is 5.69 Å². The standard InChI is InChI=1S/C6H6BrFN2O/c1-11-6-5(9)4(8)3(7)2-10-6/h2H,9H2,1H3. The highest BCUT2D eigenvalue weighted by molar-refractivity contribution is 9.10. The molecule has 0 amide bonds. The molecule has 0 aliphatic rings. The molecular formula is C6H6BrFN2O. The van der Waals surface area contributed by atoms with Crippen LogP contribution in [-0.2, 0) is 0 Å². The number of methoxy groups -OCH3 is 1. The summed E-state index contributed by atoms with van der Waals surface area (Å²) in [5, 5.41) is 0. The van der Waals surface area contributed by atoms with Crippen LogP contribution in [0.15, 0.2) is 10.7 Å². The molecule has 0 saturated carbocycles. The summed E-state index contributed by atoms with van der Waals surface area (Å²) in [6.07, 6.45) is 1.30. The van der Waals surface area contributed by atoms with E-state index in [1.54, 1.807) is 0 Å². The van der Waals surface area contributed by atoms with E-state index in [0.717, 1.165) is 0 Å². The lowest BCUT2D eigenvalue weighted by atomic mass is 10.4. The third-order valence-corrected chi connectivity index (χ3v) is 1.72. The van der Waals surface area contributed by atoms with Crippen LogP contribution in [0.3, 0.4) is 0 Å². The summed E-state index contributed by atoms with van der Waals surface area (Å²) in [6.45, 7) is 0. The maximum atomic E-state index is 12.9. The van der Waals surface area contributed by atoms with Gasteiger partial charge in [0.25, 0.3) is 0 Å². The zero-order valence-electron chi connectivity index (χ0n) is 5.77. The molecule has 11 heavy (non-hydrogen) atoms. The van der Waals surface area contributed by atoms with Gasteiger partial charge in [0.15, 0.2) is 5.82 Å². The van der Waals surface area contributed by atoms with Crippen LogP contribution in [0.2, 0.25) is 0 Å². The number of aromatic nitrogens is 1. The number of hydrogen-bond acceptors (Lipinski definition) is 3. The topological polar surface area (TPSA) is 48.1 Å². The van der Waals surface area contributed by atoms with Gasteiger partial charge < -0.3 is 10.5 Å². The first kappa shape index (κ1) is 8.26. The molecule has 0 radical (unpaired) electrons. The molecule has 1 rings (SSSR count). The maximum absolute atomic E-state index is 12.9. The Morgan fingerprint density at radius 1 is 1.73 bits per heavy atom. The largest absolute Gasteiger partial charge is 0.479 e. The second-order valence-corrected chi connectivity index (χ2v) is 2.70. The fourth-order valence-electron chi connectivity index (χ4n) is 0.627. The van der Waals surface area contributed by atoms with Crippen LogP contribution >= 0.6 is 15.9 Å². The average Bonchev–Trinajstić information content (AvgIpc) is 2.01. The minimum Gasteiger partial charge on any atom is -0.479 e. The van der Waals surface area contributed by atoms with Crippen molar-refractivity contribution in [3.05, 3.63) is 16.5 Å². The lowest BCUT2D eigenvalue weighted by Crippen LogP contribution is -1.98. The van der Waals surface area contributed by atoms with Crippen molar-refractivity contribution in [3.8, 4) is 5.88 Å². The fourth-order valence-corrected chi connectivity index (χ4v) is 0.943. The second kappa shape index (κ2) is 3.04. The lowest BCUT2D eigenvalue weighted by Gasteiger charge is -2.03. The Bertz CT molecular complexity index is 280. The number of pyridine rings is 1. The summed E-state index contributed by atoms with van der Waals surface area (Å²) in [7, 11) is 1.38. The fraction of sp³-hybridized carbons (Fsp3) is 0.167. The van der Waals surface area contributed by atoms with E-state index in [0.29, 0.717) is 0 Å². The SMILES string of the molecule is COc1ncc(Br)c(F)c1N. The number of anilines is 1.